The molecule has 0 aliphatic carbocycles. The lowest BCUT2D eigenvalue weighted by Gasteiger charge is -2.10. The Morgan fingerprint density at radius 3 is 2.48 bits per heavy atom. The van der Waals surface area contributed by atoms with Gasteiger partial charge in [-0.05, 0) is 48.9 Å². The largest absolute Gasteiger partial charge is 0.478 e. The van der Waals surface area contributed by atoms with E-state index in [-0.39, 0.29) is 17.2 Å². The van der Waals surface area contributed by atoms with Gasteiger partial charge >= 0.3 is 5.97 Å². The van der Waals surface area contributed by atoms with Crippen molar-refractivity contribution < 1.29 is 14.7 Å². The topological polar surface area (TPSA) is 92.4 Å². The van der Waals surface area contributed by atoms with E-state index in [4.69, 9.17) is 22.4 Å². The van der Waals surface area contributed by atoms with Crippen molar-refractivity contribution in [1.82, 2.24) is 0 Å². The van der Waals surface area contributed by atoms with Gasteiger partial charge in [-0.3, -0.25) is 4.79 Å². The zero-order chi connectivity index (χ0) is 15.6. The SMILES string of the molecule is Cc1cc(C(=O)O)ccc1NC(=O)c1ccc(Cl)cc1N. The summed E-state index contributed by atoms with van der Waals surface area (Å²) in [6.07, 6.45) is 0. The van der Waals surface area contributed by atoms with E-state index < -0.39 is 5.97 Å². The van der Waals surface area contributed by atoms with Gasteiger partial charge in [-0.25, -0.2) is 4.79 Å². The summed E-state index contributed by atoms with van der Waals surface area (Å²) in [6.45, 7) is 1.72. The number of rotatable bonds is 3. The van der Waals surface area contributed by atoms with Crippen LogP contribution in [-0.2, 0) is 0 Å². The number of halogens is 1. The minimum absolute atomic E-state index is 0.163. The highest BCUT2D eigenvalue weighted by atomic mass is 35.5. The van der Waals surface area contributed by atoms with Crippen LogP contribution < -0.4 is 11.1 Å². The molecule has 0 heterocycles. The Morgan fingerprint density at radius 1 is 1.19 bits per heavy atom. The lowest BCUT2D eigenvalue weighted by atomic mass is 10.1. The first-order chi connectivity index (χ1) is 9.88. The number of carboxylic acids is 1. The molecular formula is C15H13ClN2O3. The number of aryl methyl sites for hydroxylation is 1. The second-order valence-corrected chi connectivity index (χ2v) is 4.96. The van der Waals surface area contributed by atoms with Crippen LogP contribution in [0.3, 0.4) is 0 Å². The number of hydrogen-bond acceptors (Lipinski definition) is 3. The Bertz CT molecular complexity index is 729. The molecule has 0 saturated heterocycles. The molecule has 0 saturated carbocycles. The van der Waals surface area contributed by atoms with Gasteiger partial charge in [0.1, 0.15) is 0 Å². The van der Waals surface area contributed by atoms with Gasteiger partial charge in [0.2, 0.25) is 0 Å². The van der Waals surface area contributed by atoms with Gasteiger partial charge < -0.3 is 16.2 Å². The number of carboxylic acid groups (broad SMARTS) is 1. The number of amides is 1. The van der Waals surface area contributed by atoms with E-state index in [0.29, 0.717) is 21.8 Å². The first-order valence-electron chi connectivity index (χ1n) is 6.09. The van der Waals surface area contributed by atoms with E-state index in [1.165, 1.54) is 24.3 Å². The Hall–Kier alpha value is -2.53. The molecule has 0 atom stereocenters. The number of nitrogens with one attached hydrogen (secondary N) is 1. The number of carbonyl (C=O) groups excluding carboxylic acids is 1. The quantitative estimate of drug-likeness (QED) is 0.759. The zero-order valence-corrected chi connectivity index (χ0v) is 11.9. The molecule has 2 aromatic carbocycles. The van der Waals surface area contributed by atoms with Crippen molar-refractivity contribution in [1.29, 1.82) is 0 Å². The molecule has 2 rings (SSSR count). The minimum Gasteiger partial charge on any atom is -0.478 e. The molecule has 6 heteroatoms. The summed E-state index contributed by atoms with van der Waals surface area (Å²) in [4.78, 5) is 23.0. The van der Waals surface area contributed by atoms with Crippen LogP contribution in [0.2, 0.25) is 5.02 Å². The van der Waals surface area contributed by atoms with Crippen LogP contribution in [-0.4, -0.2) is 17.0 Å². The van der Waals surface area contributed by atoms with Crippen LogP contribution in [0.25, 0.3) is 0 Å². The average Bonchev–Trinajstić information content (AvgIpc) is 2.40. The van der Waals surface area contributed by atoms with Crippen molar-refractivity contribution in [3.63, 3.8) is 0 Å². The fourth-order valence-electron chi connectivity index (χ4n) is 1.87. The predicted octanol–water partition coefficient (Wildman–Crippen LogP) is 3.18. The van der Waals surface area contributed by atoms with E-state index in [1.54, 1.807) is 19.1 Å². The molecule has 0 spiro atoms. The molecule has 1 amide bonds. The van der Waals surface area contributed by atoms with Gasteiger partial charge in [0.25, 0.3) is 5.91 Å². The van der Waals surface area contributed by atoms with Crippen molar-refractivity contribution in [2.24, 2.45) is 0 Å². The van der Waals surface area contributed by atoms with Crippen molar-refractivity contribution >= 4 is 34.9 Å². The maximum Gasteiger partial charge on any atom is 0.335 e. The number of hydrogen-bond donors (Lipinski definition) is 3. The van der Waals surface area contributed by atoms with Crippen molar-refractivity contribution in [3.05, 3.63) is 58.1 Å². The normalized spacial score (nSPS) is 10.2. The molecule has 4 N–H and O–H groups in total. The molecule has 0 fully saturated rings. The van der Waals surface area contributed by atoms with Crippen molar-refractivity contribution in [2.45, 2.75) is 6.92 Å². The highest BCUT2D eigenvalue weighted by Crippen LogP contribution is 2.21. The summed E-state index contributed by atoms with van der Waals surface area (Å²) in [7, 11) is 0. The second kappa shape index (κ2) is 5.85. The van der Waals surface area contributed by atoms with Gasteiger partial charge in [-0.2, -0.15) is 0 Å². The Labute approximate surface area is 126 Å². The Kier molecular flexibility index (Phi) is 4.14. The highest BCUT2D eigenvalue weighted by Gasteiger charge is 2.12. The summed E-state index contributed by atoms with van der Waals surface area (Å²) >= 11 is 5.79. The Morgan fingerprint density at radius 2 is 1.90 bits per heavy atom. The molecule has 0 radical (unpaired) electrons. The molecule has 108 valence electrons. The first kappa shape index (κ1) is 14.9. The molecule has 0 aliphatic heterocycles. The third-order valence-corrected chi connectivity index (χ3v) is 3.21. The number of benzene rings is 2. The molecule has 0 unspecified atom stereocenters. The standard InChI is InChI=1S/C15H13ClN2O3/c1-8-6-9(15(20)21)2-5-13(8)18-14(19)11-4-3-10(16)7-12(11)17/h2-7H,17H2,1H3,(H,18,19)(H,20,21). The van der Waals surface area contributed by atoms with Crippen LogP contribution in [0.15, 0.2) is 36.4 Å². The highest BCUT2D eigenvalue weighted by molar-refractivity contribution is 6.31. The summed E-state index contributed by atoms with van der Waals surface area (Å²) in [5.41, 5.74) is 7.68. The molecule has 0 aliphatic rings. The molecule has 2 aromatic rings. The molecule has 0 bridgehead atoms. The van der Waals surface area contributed by atoms with Crippen LogP contribution in [0.1, 0.15) is 26.3 Å². The summed E-state index contributed by atoms with van der Waals surface area (Å²) < 4.78 is 0. The monoisotopic (exact) mass is 304 g/mol. The van der Waals surface area contributed by atoms with E-state index in [9.17, 15) is 9.59 Å². The number of aromatic carboxylic acids is 1. The first-order valence-corrected chi connectivity index (χ1v) is 6.46. The number of anilines is 2. The maximum absolute atomic E-state index is 12.2. The number of nitrogens with two attached hydrogens (primary N) is 1. The third kappa shape index (κ3) is 3.32. The van der Waals surface area contributed by atoms with Crippen LogP contribution in [0, 0.1) is 6.92 Å². The van der Waals surface area contributed by atoms with E-state index >= 15 is 0 Å². The van der Waals surface area contributed by atoms with E-state index in [2.05, 4.69) is 5.32 Å². The fourth-order valence-corrected chi connectivity index (χ4v) is 2.05. The van der Waals surface area contributed by atoms with Crippen LogP contribution in [0.5, 0.6) is 0 Å². The molecular weight excluding hydrogens is 292 g/mol. The predicted molar refractivity (Wildman–Crippen MR) is 82.0 cm³/mol. The van der Waals surface area contributed by atoms with E-state index in [0.717, 1.165) is 0 Å². The van der Waals surface area contributed by atoms with Crippen molar-refractivity contribution in [2.75, 3.05) is 11.1 Å². The summed E-state index contributed by atoms with van der Waals surface area (Å²) in [5, 5.41) is 12.1. The second-order valence-electron chi connectivity index (χ2n) is 4.52. The van der Waals surface area contributed by atoms with E-state index in [1.807, 2.05) is 0 Å². The lowest BCUT2D eigenvalue weighted by molar-refractivity contribution is 0.0696. The number of carbonyl (C=O) groups is 2. The molecule has 5 nitrogen and oxygen atoms in total. The molecule has 0 aromatic heterocycles. The van der Waals surface area contributed by atoms with Crippen molar-refractivity contribution in [3.8, 4) is 0 Å². The summed E-state index contributed by atoms with van der Waals surface area (Å²) in [5.74, 6) is -1.40. The maximum atomic E-state index is 12.2. The van der Waals surface area contributed by atoms with Gasteiger partial charge in [0.05, 0.1) is 11.1 Å². The van der Waals surface area contributed by atoms with Gasteiger partial charge in [0.15, 0.2) is 0 Å². The molecule has 21 heavy (non-hydrogen) atoms. The zero-order valence-electron chi connectivity index (χ0n) is 11.2. The Balaban J connectivity index is 2.25. The average molecular weight is 305 g/mol. The number of nitrogen functional groups attached to an aromatic ring is 1. The fraction of sp³-hybridized carbons (Fsp3) is 0.0667. The van der Waals surface area contributed by atoms with Crippen LogP contribution >= 0.6 is 11.6 Å². The third-order valence-electron chi connectivity index (χ3n) is 2.98. The van der Waals surface area contributed by atoms with Gasteiger partial charge in [-0.15, -0.1) is 0 Å². The summed E-state index contributed by atoms with van der Waals surface area (Å²) in [6, 6.07) is 9.07. The minimum atomic E-state index is -1.02. The van der Waals surface area contributed by atoms with Crippen LogP contribution in [0.4, 0.5) is 11.4 Å². The lowest BCUT2D eigenvalue weighted by Crippen LogP contribution is -2.15. The van der Waals surface area contributed by atoms with Gasteiger partial charge in [-0.1, -0.05) is 11.6 Å². The van der Waals surface area contributed by atoms with Gasteiger partial charge in [0, 0.05) is 16.4 Å². The smallest absolute Gasteiger partial charge is 0.335 e.